The lowest BCUT2D eigenvalue weighted by Gasteiger charge is -2.05. The second-order valence-electron chi connectivity index (χ2n) is 6.55. The SMILES string of the molecule is O=C(NCc1cnn(-c2ccccc2)c1)NCc1cnn(-c2ccc(F)cc2F)c1. The molecule has 2 aromatic heterocycles. The Morgan fingerprint density at radius 3 is 2.17 bits per heavy atom. The van der Waals surface area contributed by atoms with Crippen LogP contribution in [0.25, 0.3) is 11.4 Å². The minimum atomic E-state index is -0.716. The molecule has 0 saturated heterocycles. The Labute approximate surface area is 171 Å². The van der Waals surface area contributed by atoms with Crippen LogP contribution >= 0.6 is 0 Å². The number of aromatic nitrogens is 4. The van der Waals surface area contributed by atoms with Crippen LogP contribution in [0, 0.1) is 11.6 Å². The molecule has 4 rings (SSSR count). The monoisotopic (exact) mass is 408 g/mol. The summed E-state index contributed by atoms with van der Waals surface area (Å²) in [6.07, 6.45) is 6.61. The maximum atomic E-state index is 13.8. The predicted molar refractivity (Wildman–Crippen MR) is 106 cm³/mol. The molecule has 2 amide bonds. The fourth-order valence-electron chi connectivity index (χ4n) is 2.85. The first-order chi connectivity index (χ1) is 14.6. The predicted octanol–water partition coefficient (Wildman–Crippen LogP) is 3.34. The molecule has 152 valence electrons. The second kappa shape index (κ2) is 8.56. The first kappa shape index (κ1) is 19.3. The molecule has 0 unspecified atom stereocenters. The summed E-state index contributed by atoms with van der Waals surface area (Å²) < 4.78 is 29.9. The van der Waals surface area contributed by atoms with E-state index in [1.807, 2.05) is 36.5 Å². The summed E-state index contributed by atoms with van der Waals surface area (Å²) in [4.78, 5) is 12.1. The highest BCUT2D eigenvalue weighted by Gasteiger charge is 2.09. The van der Waals surface area contributed by atoms with Gasteiger partial charge >= 0.3 is 6.03 Å². The van der Waals surface area contributed by atoms with Crippen molar-refractivity contribution in [1.29, 1.82) is 0 Å². The van der Waals surface area contributed by atoms with Gasteiger partial charge in [0, 0.05) is 42.7 Å². The summed E-state index contributed by atoms with van der Waals surface area (Å²) in [6, 6.07) is 12.6. The van der Waals surface area contributed by atoms with Crippen molar-refractivity contribution in [3.05, 3.63) is 96.1 Å². The Kier molecular flexibility index (Phi) is 5.51. The fraction of sp³-hybridized carbons (Fsp3) is 0.0952. The van der Waals surface area contributed by atoms with E-state index >= 15 is 0 Å². The van der Waals surface area contributed by atoms with E-state index in [2.05, 4.69) is 20.8 Å². The quantitative estimate of drug-likeness (QED) is 0.514. The van der Waals surface area contributed by atoms with Crippen LogP contribution in [0.5, 0.6) is 0 Å². The Hall–Kier alpha value is -4.01. The number of hydrogen-bond acceptors (Lipinski definition) is 3. The highest BCUT2D eigenvalue weighted by molar-refractivity contribution is 5.73. The van der Waals surface area contributed by atoms with E-state index in [0.29, 0.717) is 12.1 Å². The minimum Gasteiger partial charge on any atom is -0.334 e. The molecule has 9 heteroatoms. The van der Waals surface area contributed by atoms with Gasteiger partial charge in [-0.3, -0.25) is 0 Å². The van der Waals surface area contributed by atoms with Crippen LogP contribution in [0.1, 0.15) is 11.1 Å². The molecule has 0 atom stereocenters. The summed E-state index contributed by atoms with van der Waals surface area (Å²) in [7, 11) is 0. The van der Waals surface area contributed by atoms with Crippen molar-refractivity contribution in [3.8, 4) is 11.4 Å². The highest BCUT2D eigenvalue weighted by Crippen LogP contribution is 2.14. The second-order valence-corrected chi connectivity index (χ2v) is 6.55. The molecule has 2 N–H and O–H groups in total. The molecule has 0 bridgehead atoms. The zero-order chi connectivity index (χ0) is 20.9. The molecule has 4 aromatic rings. The van der Waals surface area contributed by atoms with Crippen molar-refractivity contribution >= 4 is 6.03 Å². The number of nitrogens with one attached hydrogen (secondary N) is 2. The third kappa shape index (κ3) is 4.52. The largest absolute Gasteiger partial charge is 0.334 e. The Bertz CT molecular complexity index is 1160. The molecule has 0 aliphatic carbocycles. The molecule has 0 fully saturated rings. The van der Waals surface area contributed by atoms with Gasteiger partial charge in [0.25, 0.3) is 0 Å². The number of benzene rings is 2. The molecular formula is C21H18F2N6O. The number of amides is 2. The molecule has 0 radical (unpaired) electrons. The minimum absolute atomic E-state index is 0.127. The molecule has 0 spiro atoms. The fourth-order valence-corrected chi connectivity index (χ4v) is 2.85. The number of carbonyl (C=O) groups is 1. The van der Waals surface area contributed by atoms with Crippen LogP contribution in [0.3, 0.4) is 0 Å². The van der Waals surface area contributed by atoms with Gasteiger partial charge in [0.1, 0.15) is 11.5 Å². The number of nitrogens with zero attached hydrogens (tertiary/aromatic N) is 4. The Balaban J connectivity index is 1.28. The number of carbonyl (C=O) groups excluding carboxylic acids is 1. The lowest BCUT2D eigenvalue weighted by atomic mass is 10.3. The van der Waals surface area contributed by atoms with Crippen molar-refractivity contribution in [2.75, 3.05) is 0 Å². The van der Waals surface area contributed by atoms with Crippen molar-refractivity contribution in [2.24, 2.45) is 0 Å². The molecule has 7 nitrogen and oxygen atoms in total. The lowest BCUT2D eigenvalue weighted by Crippen LogP contribution is -2.34. The van der Waals surface area contributed by atoms with Crippen LogP contribution in [0.2, 0.25) is 0 Å². The zero-order valence-electron chi connectivity index (χ0n) is 15.8. The molecule has 2 heterocycles. The van der Waals surface area contributed by atoms with Crippen LogP contribution in [0.15, 0.2) is 73.3 Å². The maximum absolute atomic E-state index is 13.8. The van der Waals surface area contributed by atoms with Crippen LogP contribution < -0.4 is 10.6 Å². The van der Waals surface area contributed by atoms with Crippen LogP contribution in [0.4, 0.5) is 13.6 Å². The average molecular weight is 408 g/mol. The normalized spacial score (nSPS) is 10.7. The number of halogens is 2. The molecular weight excluding hydrogens is 390 g/mol. The van der Waals surface area contributed by atoms with Crippen molar-refractivity contribution in [1.82, 2.24) is 30.2 Å². The Morgan fingerprint density at radius 1 is 0.867 bits per heavy atom. The topological polar surface area (TPSA) is 76.8 Å². The van der Waals surface area contributed by atoms with Gasteiger partial charge < -0.3 is 10.6 Å². The number of hydrogen-bond donors (Lipinski definition) is 2. The van der Waals surface area contributed by atoms with Crippen LogP contribution in [-0.2, 0) is 13.1 Å². The van der Waals surface area contributed by atoms with Gasteiger partial charge in [-0.15, -0.1) is 0 Å². The molecule has 30 heavy (non-hydrogen) atoms. The van der Waals surface area contributed by atoms with Gasteiger partial charge in [0.15, 0.2) is 5.82 Å². The van der Waals surface area contributed by atoms with E-state index in [1.165, 1.54) is 16.9 Å². The molecule has 0 aliphatic heterocycles. The standard InChI is InChI=1S/C21H18F2N6O/c22-17-6-7-20(19(23)8-17)29-14-16(12-27-29)10-25-21(30)24-9-15-11-26-28(13-15)18-4-2-1-3-5-18/h1-8,11-14H,9-10H2,(H2,24,25,30). The van der Waals surface area contributed by atoms with E-state index in [9.17, 15) is 13.6 Å². The van der Waals surface area contributed by atoms with Gasteiger partial charge in [0.2, 0.25) is 0 Å². The van der Waals surface area contributed by atoms with E-state index in [4.69, 9.17) is 0 Å². The summed E-state index contributed by atoms with van der Waals surface area (Å²) in [6.45, 7) is 0.524. The van der Waals surface area contributed by atoms with Gasteiger partial charge in [-0.25, -0.2) is 22.9 Å². The maximum Gasteiger partial charge on any atom is 0.315 e. The summed E-state index contributed by atoms with van der Waals surface area (Å²) in [5.41, 5.74) is 2.59. The molecule has 2 aromatic carbocycles. The van der Waals surface area contributed by atoms with E-state index in [-0.39, 0.29) is 18.3 Å². The third-order valence-electron chi connectivity index (χ3n) is 4.36. The summed E-state index contributed by atoms with van der Waals surface area (Å²) in [5, 5.41) is 13.8. The van der Waals surface area contributed by atoms with E-state index in [1.54, 1.807) is 17.1 Å². The molecule has 0 aliphatic rings. The number of rotatable bonds is 6. The van der Waals surface area contributed by atoms with Crippen molar-refractivity contribution in [2.45, 2.75) is 13.1 Å². The van der Waals surface area contributed by atoms with Crippen molar-refractivity contribution in [3.63, 3.8) is 0 Å². The Morgan fingerprint density at radius 2 is 1.50 bits per heavy atom. The average Bonchev–Trinajstić information content (AvgIpc) is 3.41. The van der Waals surface area contributed by atoms with Gasteiger partial charge in [-0.1, -0.05) is 18.2 Å². The third-order valence-corrected chi connectivity index (χ3v) is 4.36. The first-order valence-corrected chi connectivity index (χ1v) is 9.18. The van der Waals surface area contributed by atoms with Gasteiger partial charge in [-0.2, -0.15) is 10.2 Å². The number of para-hydroxylation sites is 1. The van der Waals surface area contributed by atoms with Crippen LogP contribution in [-0.4, -0.2) is 25.6 Å². The van der Waals surface area contributed by atoms with Crippen molar-refractivity contribution < 1.29 is 13.6 Å². The first-order valence-electron chi connectivity index (χ1n) is 9.18. The smallest absolute Gasteiger partial charge is 0.315 e. The van der Waals surface area contributed by atoms with Gasteiger partial charge in [-0.05, 0) is 24.3 Å². The zero-order valence-corrected chi connectivity index (χ0v) is 15.8. The summed E-state index contributed by atoms with van der Waals surface area (Å²) in [5.74, 6) is -1.37. The lowest BCUT2D eigenvalue weighted by molar-refractivity contribution is 0.240. The highest BCUT2D eigenvalue weighted by atomic mass is 19.1. The van der Waals surface area contributed by atoms with E-state index < -0.39 is 11.6 Å². The van der Waals surface area contributed by atoms with E-state index in [0.717, 1.165) is 23.4 Å². The van der Waals surface area contributed by atoms with Gasteiger partial charge in [0.05, 0.1) is 18.1 Å². The summed E-state index contributed by atoms with van der Waals surface area (Å²) >= 11 is 0. The number of urea groups is 1. The molecule has 0 saturated carbocycles.